The van der Waals surface area contributed by atoms with Crippen molar-refractivity contribution < 1.29 is 0 Å². The van der Waals surface area contributed by atoms with E-state index in [1.807, 2.05) is 24.3 Å². The maximum Gasteiger partial charge on any atom is 0.281 e. The monoisotopic (exact) mass is 295 g/mol. The molecule has 0 spiro atoms. The van der Waals surface area contributed by atoms with Crippen LogP contribution in [0.2, 0.25) is 0 Å². The predicted octanol–water partition coefficient (Wildman–Crippen LogP) is 3.49. The van der Waals surface area contributed by atoms with Crippen molar-refractivity contribution in [3.05, 3.63) is 57.8 Å². The lowest BCUT2D eigenvalue weighted by Crippen LogP contribution is -2.12. The zero-order valence-electron chi connectivity index (χ0n) is 11.5. The van der Waals surface area contributed by atoms with E-state index in [4.69, 9.17) is 0 Å². The summed E-state index contributed by atoms with van der Waals surface area (Å²) in [6, 6.07) is 9.89. The molecule has 104 valence electrons. The number of hydrogen-bond donors (Lipinski definition) is 1. The van der Waals surface area contributed by atoms with Gasteiger partial charge in [-0.15, -0.1) is 11.3 Å². The Morgan fingerprint density at radius 2 is 2.14 bits per heavy atom. The van der Waals surface area contributed by atoms with Gasteiger partial charge in [0.25, 0.3) is 5.56 Å². The highest BCUT2D eigenvalue weighted by Crippen LogP contribution is 2.23. The van der Waals surface area contributed by atoms with Crippen LogP contribution in [-0.4, -0.2) is 14.8 Å². The Balaban J connectivity index is 2.05. The Hall–Kier alpha value is -2.40. The standard InChI is InChI=1S/C16H13N3OS/c1-2-10-7-14(21-9-10)19-16(20)12-8-17-13-6-4-3-5-11(13)15(12)18-19/h3-9,18H,2H2,1H3. The maximum absolute atomic E-state index is 12.6. The zero-order valence-corrected chi connectivity index (χ0v) is 12.3. The molecule has 4 rings (SSSR count). The van der Waals surface area contributed by atoms with Gasteiger partial charge in [-0.1, -0.05) is 25.1 Å². The Morgan fingerprint density at radius 3 is 2.95 bits per heavy atom. The van der Waals surface area contributed by atoms with Crippen molar-refractivity contribution in [1.29, 1.82) is 0 Å². The van der Waals surface area contributed by atoms with E-state index in [1.54, 1.807) is 22.2 Å². The summed E-state index contributed by atoms with van der Waals surface area (Å²) in [7, 11) is 0. The van der Waals surface area contributed by atoms with Crippen LogP contribution in [0.1, 0.15) is 12.5 Å². The number of aromatic nitrogens is 3. The molecule has 0 atom stereocenters. The van der Waals surface area contributed by atoms with Crippen LogP contribution in [0.25, 0.3) is 26.8 Å². The number of thiophene rings is 1. The topological polar surface area (TPSA) is 50.7 Å². The SMILES string of the molecule is CCc1csc(-n2[nH]c3c(cnc4ccccc43)c2=O)c1. The molecule has 0 unspecified atom stereocenters. The number of benzene rings is 1. The van der Waals surface area contributed by atoms with Crippen molar-refractivity contribution in [3.8, 4) is 5.00 Å². The van der Waals surface area contributed by atoms with E-state index in [2.05, 4.69) is 28.5 Å². The Bertz CT molecular complexity index is 1010. The van der Waals surface area contributed by atoms with Gasteiger partial charge >= 0.3 is 0 Å². The van der Waals surface area contributed by atoms with Gasteiger partial charge in [-0.25, -0.2) is 4.68 Å². The maximum atomic E-state index is 12.6. The number of para-hydroxylation sites is 1. The molecule has 21 heavy (non-hydrogen) atoms. The van der Waals surface area contributed by atoms with Crippen LogP contribution in [0.4, 0.5) is 0 Å². The summed E-state index contributed by atoms with van der Waals surface area (Å²) >= 11 is 1.57. The quantitative estimate of drug-likeness (QED) is 0.615. The number of nitrogens with one attached hydrogen (secondary N) is 1. The smallest absolute Gasteiger partial charge is 0.281 e. The summed E-state index contributed by atoms with van der Waals surface area (Å²) in [5, 5.41) is 7.83. The first-order chi connectivity index (χ1) is 10.3. The average Bonchev–Trinajstić information content (AvgIpc) is 3.12. The molecule has 0 bridgehead atoms. The van der Waals surface area contributed by atoms with E-state index in [1.165, 1.54) is 5.56 Å². The van der Waals surface area contributed by atoms with Gasteiger partial charge in [0.15, 0.2) is 0 Å². The largest absolute Gasteiger partial charge is 0.289 e. The molecule has 1 aromatic carbocycles. The molecule has 0 aliphatic carbocycles. The first-order valence-corrected chi connectivity index (χ1v) is 7.72. The molecule has 0 radical (unpaired) electrons. The fraction of sp³-hybridized carbons (Fsp3) is 0.125. The van der Waals surface area contributed by atoms with Gasteiger partial charge in [-0.2, -0.15) is 0 Å². The van der Waals surface area contributed by atoms with Gasteiger partial charge in [0, 0.05) is 11.6 Å². The third kappa shape index (κ3) is 1.81. The minimum Gasteiger partial charge on any atom is -0.289 e. The van der Waals surface area contributed by atoms with Crippen LogP contribution in [0.15, 0.2) is 46.7 Å². The highest BCUT2D eigenvalue weighted by molar-refractivity contribution is 7.12. The van der Waals surface area contributed by atoms with Crippen LogP contribution in [0.3, 0.4) is 0 Å². The average molecular weight is 295 g/mol. The van der Waals surface area contributed by atoms with E-state index < -0.39 is 0 Å². The summed E-state index contributed by atoms with van der Waals surface area (Å²) < 4.78 is 1.61. The molecule has 4 aromatic rings. The van der Waals surface area contributed by atoms with Crippen LogP contribution >= 0.6 is 11.3 Å². The molecule has 0 aliphatic heterocycles. The molecule has 3 aromatic heterocycles. The zero-order chi connectivity index (χ0) is 14.4. The number of hydrogen-bond acceptors (Lipinski definition) is 3. The minimum absolute atomic E-state index is 0.0484. The molecule has 0 fully saturated rings. The normalized spacial score (nSPS) is 11.5. The van der Waals surface area contributed by atoms with Crippen LogP contribution in [0, 0.1) is 0 Å². The van der Waals surface area contributed by atoms with Crippen molar-refractivity contribution in [3.63, 3.8) is 0 Å². The van der Waals surface area contributed by atoms with Crippen LogP contribution in [-0.2, 0) is 6.42 Å². The number of aryl methyl sites for hydroxylation is 1. The summed E-state index contributed by atoms with van der Waals surface area (Å²) in [6.45, 7) is 2.11. The first kappa shape index (κ1) is 12.3. The molecule has 0 saturated carbocycles. The number of rotatable bonds is 2. The van der Waals surface area contributed by atoms with E-state index in [0.717, 1.165) is 27.8 Å². The molecule has 3 heterocycles. The van der Waals surface area contributed by atoms with E-state index in [-0.39, 0.29) is 5.56 Å². The lowest BCUT2D eigenvalue weighted by Gasteiger charge is -1.97. The van der Waals surface area contributed by atoms with E-state index in [0.29, 0.717) is 5.39 Å². The number of fused-ring (bicyclic) bond motifs is 3. The molecule has 5 heteroatoms. The summed E-state index contributed by atoms with van der Waals surface area (Å²) in [5.41, 5.74) is 2.92. The first-order valence-electron chi connectivity index (χ1n) is 6.84. The number of aromatic amines is 1. The molecule has 1 N–H and O–H groups in total. The molecule has 4 nitrogen and oxygen atoms in total. The van der Waals surface area contributed by atoms with E-state index >= 15 is 0 Å². The molecular formula is C16H13N3OS. The minimum atomic E-state index is -0.0484. The third-order valence-corrected chi connectivity index (χ3v) is 4.66. The van der Waals surface area contributed by atoms with Crippen LogP contribution in [0.5, 0.6) is 0 Å². The second-order valence-electron chi connectivity index (χ2n) is 4.96. The van der Waals surface area contributed by atoms with Crippen LogP contribution < -0.4 is 5.56 Å². The van der Waals surface area contributed by atoms with Crippen molar-refractivity contribution in [1.82, 2.24) is 14.8 Å². The van der Waals surface area contributed by atoms with E-state index in [9.17, 15) is 4.79 Å². The molecule has 0 saturated heterocycles. The summed E-state index contributed by atoms with van der Waals surface area (Å²) in [6.07, 6.45) is 2.62. The van der Waals surface area contributed by atoms with Gasteiger partial charge < -0.3 is 0 Å². The lowest BCUT2D eigenvalue weighted by atomic mass is 10.2. The van der Waals surface area contributed by atoms with Crippen molar-refractivity contribution in [2.24, 2.45) is 0 Å². The second-order valence-corrected chi connectivity index (χ2v) is 5.85. The second kappa shape index (κ2) is 4.56. The lowest BCUT2D eigenvalue weighted by molar-refractivity contribution is 0.880. The number of H-pyrrole nitrogens is 1. The van der Waals surface area contributed by atoms with Gasteiger partial charge in [-0.05, 0) is 29.5 Å². The fourth-order valence-electron chi connectivity index (χ4n) is 2.53. The van der Waals surface area contributed by atoms with Gasteiger partial charge in [0.1, 0.15) is 5.00 Å². The highest BCUT2D eigenvalue weighted by atomic mass is 32.1. The van der Waals surface area contributed by atoms with Gasteiger partial charge in [-0.3, -0.25) is 14.9 Å². The number of nitrogens with zero attached hydrogens (tertiary/aromatic N) is 2. The Morgan fingerprint density at radius 1 is 1.29 bits per heavy atom. The summed E-state index contributed by atoms with van der Waals surface area (Å²) in [5.74, 6) is 0. The van der Waals surface area contributed by atoms with Crippen molar-refractivity contribution in [2.45, 2.75) is 13.3 Å². The predicted molar refractivity (Wildman–Crippen MR) is 86.5 cm³/mol. The Kier molecular flexibility index (Phi) is 2.68. The molecule has 0 amide bonds. The van der Waals surface area contributed by atoms with Crippen molar-refractivity contribution >= 4 is 33.1 Å². The highest BCUT2D eigenvalue weighted by Gasteiger charge is 2.12. The number of pyridine rings is 1. The third-order valence-electron chi connectivity index (χ3n) is 3.70. The Labute approximate surface area is 124 Å². The fourth-order valence-corrected chi connectivity index (χ4v) is 3.49. The van der Waals surface area contributed by atoms with Gasteiger partial charge in [0.05, 0.1) is 16.4 Å². The summed E-state index contributed by atoms with van der Waals surface area (Å²) in [4.78, 5) is 16.9. The molecule has 0 aliphatic rings. The molecular weight excluding hydrogens is 282 g/mol. The van der Waals surface area contributed by atoms with Crippen molar-refractivity contribution in [2.75, 3.05) is 0 Å². The van der Waals surface area contributed by atoms with Gasteiger partial charge in [0.2, 0.25) is 0 Å².